The van der Waals surface area contributed by atoms with Crippen LogP contribution in [0.25, 0.3) is 11.2 Å². The maximum Gasteiger partial charge on any atom is 0.267 e. The largest absolute Gasteiger partial charge is 0.390 e. The van der Waals surface area contributed by atoms with Crippen LogP contribution < -0.4 is 15.8 Å². The van der Waals surface area contributed by atoms with E-state index in [0.29, 0.717) is 64.2 Å². The van der Waals surface area contributed by atoms with E-state index in [0.717, 1.165) is 0 Å². The Morgan fingerprint density at radius 1 is 1.24 bits per heavy atom. The van der Waals surface area contributed by atoms with Crippen LogP contribution in [0.1, 0.15) is 25.5 Å². The van der Waals surface area contributed by atoms with Crippen LogP contribution in [0.3, 0.4) is 0 Å². The summed E-state index contributed by atoms with van der Waals surface area (Å²) in [5.41, 5.74) is 0.786. The fourth-order valence-electron chi connectivity index (χ4n) is 4.15. The lowest BCUT2D eigenvalue weighted by molar-refractivity contribution is -0.125. The highest BCUT2D eigenvalue weighted by molar-refractivity contribution is 7.99. The van der Waals surface area contributed by atoms with E-state index in [2.05, 4.69) is 30.5 Å². The van der Waals surface area contributed by atoms with Crippen LogP contribution in [0.4, 0.5) is 15.9 Å². The Kier molecular flexibility index (Phi) is 6.88. The van der Waals surface area contributed by atoms with E-state index in [9.17, 15) is 19.1 Å². The first-order chi connectivity index (χ1) is 17.8. The van der Waals surface area contributed by atoms with Crippen molar-refractivity contribution in [3.63, 3.8) is 0 Å². The Hall–Kier alpha value is -3.48. The van der Waals surface area contributed by atoms with Gasteiger partial charge in [-0.2, -0.15) is 5.10 Å². The summed E-state index contributed by atoms with van der Waals surface area (Å²) in [6.45, 7) is 2.62. The number of carbonyl (C=O) groups is 1. The van der Waals surface area contributed by atoms with E-state index >= 15 is 0 Å². The van der Waals surface area contributed by atoms with Gasteiger partial charge < -0.3 is 20.3 Å². The molecule has 4 aromatic rings. The number of fused-ring (bicyclic) bond motifs is 1. The van der Waals surface area contributed by atoms with Gasteiger partial charge in [0.15, 0.2) is 16.5 Å². The lowest BCUT2D eigenvalue weighted by Gasteiger charge is -2.39. The summed E-state index contributed by atoms with van der Waals surface area (Å²) in [4.78, 5) is 39.1. The number of nitrogens with one attached hydrogen (secondary N) is 3. The van der Waals surface area contributed by atoms with Crippen molar-refractivity contribution in [3.8, 4) is 0 Å². The molecule has 0 unspecified atom stereocenters. The Balaban J connectivity index is 1.33. The van der Waals surface area contributed by atoms with Gasteiger partial charge in [-0.25, -0.2) is 14.4 Å². The Morgan fingerprint density at radius 2 is 1.97 bits per heavy atom. The minimum Gasteiger partial charge on any atom is -0.390 e. The molecule has 10 nitrogen and oxygen atoms in total. The molecular formula is C24H23ClFN7O3S. The summed E-state index contributed by atoms with van der Waals surface area (Å²) in [7, 11) is 0. The normalized spacial score (nSPS) is 15.2. The lowest BCUT2D eigenvalue weighted by atomic mass is 9.79. The molecule has 37 heavy (non-hydrogen) atoms. The Morgan fingerprint density at radius 3 is 2.68 bits per heavy atom. The number of aromatic nitrogens is 5. The maximum atomic E-state index is 13.2. The van der Waals surface area contributed by atoms with Crippen molar-refractivity contribution >= 4 is 51.9 Å². The Bertz CT molecular complexity index is 1520. The number of anilines is 2. The van der Waals surface area contributed by atoms with Crippen LogP contribution in [0.2, 0.25) is 5.02 Å². The number of rotatable bonds is 6. The van der Waals surface area contributed by atoms with Crippen molar-refractivity contribution in [1.29, 1.82) is 0 Å². The molecule has 1 fully saturated rings. The van der Waals surface area contributed by atoms with Crippen molar-refractivity contribution in [1.82, 2.24) is 25.1 Å². The molecule has 192 valence electrons. The Labute approximate surface area is 219 Å². The van der Waals surface area contributed by atoms with E-state index in [1.807, 2.05) is 11.8 Å². The number of piperidine rings is 1. The summed E-state index contributed by atoms with van der Waals surface area (Å²) >= 11 is 7.29. The van der Waals surface area contributed by atoms with Gasteiger partial charge in [0.05, 0.1) is 12.0 Å². The molecule has 1 aromatic carbocycles. The zero-order chi connectivity index (χ0) is 26.2. The predicted octanol–water partition coefficient (Wildman–Crippen LogP) is 3.72. The molecule has 1 aliphatic rings. The van der Waals surface area contributed by atoms with E-state index < -0.39 is 11.0 Å². The molecule has 4 N–H and O–H groups in total. The van der Waals surface area contributed by atoms with Crippen molar-refractivity contribution in [2.45, 2.75) is 36.3 Å². The number of benzene rings is 1. The van der Waals surface area contributed by atoms with Crippen LogP contribution in [-0.2, 0) is 11.4 Å². The van der Waals surface area contributed by atoms with Gasteiger partial charge in [-0.1, -0.05) is 30.3 Å². The molecule has 13 heteroatoms. The summed E-state index contributed by atoms with van der Waals surface area (Å²) in [5.74, 6) is 0.0269. The van der Waals surface area contributed by atoms with Gasteiger partial charge in [0, 0.05) is 29.9 Å². The number of aliphatic hydroxyl groups is 1. The highest BCUT2D eigenvalue weighted by Crippen LogP contribution is 2.37. The van der Waals surface area contributed by atoms with Crippen LogP contribution in [0, 0.1) is 11.2 Å². The molecule has 4 heterocycles. The van der Waals surface area contributed by atoms with Gasteiger partial charge >= 0.3 is 0 Å². The number of pyridine rings is 1. The molecule has 0 atom stereocenters. The maximum absolute atomic E-state index is 13.2. The van der Waals surface area contributed by atoms with Gasteiger partial charge in [-0.3, -0.25) is 14.7 Å². The lowest BCUT2D eigenvalue weighted by Crippen LogP contribution is -2.45. The highest BCUT2D eigenvalue weighted by Gasteiger charge is 2.38. The average Bonchev–Trinajstić information content (AvgIpc) is 3.29. The third kappa shape index (κ3) is 5.04. The molecule has 0 aliphatic carbocycles. The minimum atomic E-state index is -0.619. The van der Waals surface area contributed by atoms with E-state index in [1.165, 1.54) is 42.2 Å². The molecule has 0 saturated carbocycles. The van der Waals surface area contributed by atoms with Gasteiger partial charge in [-0.05, 0) is 43.2 Å². The summed E-state index contributed by atoms with van der Waals surface area (Å²) in [6, 6.07) is 7.34. The number of amides is 1. The molecular weight excluding hydrogens is 521 g/mol. The van der Waals surface area contributed by atoms with E-state index in [-0.39, 0.29) is 23.4 Å². The zero-order valence-corrected chi connectivity index (χ0v) is 21.3. The summed E-state index contributed by atoms with van der Waals surface area (Å²) < 4.78 is 13.2. The van der Waals surface area contributed by atoms with Crippen LogP contribution in [0.5, 0.6) is 0 Å². The van der Waals surface area contributed by atoms with Crippen molar-refractivity contribution in [2.24, 2.45) is 5.41 Å². The highest BCUT2D eigenvalue weighted by atomic mass is 35.5. The standard InChI is InChI=1S/C24H23ClFN7O3S/c1-24(23(36)28-14-4-2-13(26)3-5-14)7-10-33(11-8-24)20-15(12-34)29-18-19(30-20)31-32-22(18)37-16-6-9-27-21(35)17(16)25/h2-6,9,34H,7-8,10-12H2,1H3,(H,27,35)(H,28,36)(H,30,31,32). The van der Waals surface area contributed by atoms with Gasteiger partial charge in [0.2, 0.25) is 5.91 Å². The molecule has 1 aliphatic heterocycles. The zero-order valence-electron chi connectivity index (χ0n) is 19.7. The van der Waals surface area contributed by atoms with Gasteiger partial charge in [0.1, 0.15) is 22.1 Å². The first-order valence-corrected chi connectivity index (χ1v) is 12.7. The van der Waals surface area contributed by atoms with E-state index in [4.69, 9.17) is 11.6 Å². The fraction of sp³-hybridized carbons (Fsp3) is 0.292. The second-order valence-electron chi connectivity index (χ2n) is 8.97. The van der Waals surface area contributed by atoms with E-state index in [1.54, 1.807) is 6.07 Å². The molecule has 0 radical (unpaired) electrons. The first-order valence-electron chi connectivity index (χ1n) is 11.5. The van der Waals surface area contributed by atoms with Crippen LogP contribution >= 0.6 is 23.4 Å². The SMILES string of the molecule is CC1(C(=O)Nc2ccc(F)cc2)CCN(c2nc3[nH]nc(Sc4cc[nH]c(=O)c4Cl)c3nc2CO)CC1. The number of carbonyl (C=O) groups excluding carboxylic acids is 1. The van der Waals surface area contributed by atoms with Crippen molar-refractivity contribution < 1.29 is 14.3 Å². The number of hydrogen-bond acceptors (Lipinski definition) is 8. The molecule has 0 spiro atoms. The average molecular weight is 544 g/mol. The van der Waals surface area contributed by atoms with Gasteiger partial charge in [-0.15, -0.1) is 0 Å². The molecule has 5 rings (SSSR count). The number of aromatic amines is 2. The number of aliphatic hydroxyl groups excluding tert-OH is 1. The monoisotopic (exact) mass is 543 g/mol. The summed E-state index contributed by atoms with van der Waals surface area (Å²) in [5, 5.41) is 20.6. The van der Waals surface area contributed by atoms with Crippen LogP contribution in [-0.4, -0.2) is 49.3 Å². The summed E-state index contributed by atoms with van der Waals surface area (Å²) in [6.07, 6.45) is 2.60. The third-order valence-electron chi connectivity index (χ3n) is 6.45. The predicted molar refractivity (Wildman–Crippen MR) is 138 cm³/mol. The molecule has 0 bridgehead atoms. The third-order valence-corrected chi connectivity index (χ3v) is 7.98. The minimum absolute atomic E-state index is 0.0513. The van der Waals surface area contributed by atoms with Crippen LogP contribution in [0.15, 0.2) is 51.2 Å². The number of halogens is 2. The number of nitrogens with zero attached hydrogens (tertiary/aromatic N) is 4. The molecule has 1 saturated heterocycles. The number of H-pyrrole nitrogens is 2. The molecule has 1 amide bonds. The van der Waals surface area contributed by atoms with Crippen molar-refractivity contribution in [2.75, 3.05) is 23.3 Å². The van der Waals surface area contributed by atoms with Crippen molar-refractivity contribution in [3.05, 3.63) is 63.4 Å². The molecule has 3 aromatic heterocycles. The first kappa shape index (κ1) is 25.2. The quantitative estimate of drug-likeness (QED) is 0.288. The number of hydrogen-bond donors (Lipinski definition) is 4. The smallest absolute Gasteiger partial charge is 0.267 e. The second kappa shape index (κ2) is 10.1. The fourth-order valence-corrected chi connectivity index (χ4v) is 5.24. The second-order valence-corrected chi connectivity index (χ2v) is 10.4. The van der Waals surface area contributed by atoms with Gasteiger partial charge in [0.25, 0.3) is 5.56 Å². The topological polar surface area (TPSA) is 140 Å².